The first kappa shape index (κ1) is 18.7. The lowest BCUT2D eigenvalue weighted by Gasteiger charge is -2.06. The Balaban J connectivity index is 1.55. The maximum Gasteiger partial charge on any atom is 0.338 e. The van der Waals surface area contributed by atoms with Crippen molar-refractivity contribution >= 4 is 38.6 Å². The van der Waals surface area contributed by atoms with E-state index in [2.05, 4.69) is 10.3 Å². The summed E-state index contributed by atoms with van der Waals surface area (Å²) in [6.07, 6.45) is 0. The summed E-state index contributed by atoms with van der Waals surface area (Å²) in [7, 11) is 1.59. The molecule has 7 nitrogen and oxygen atoms in total. The molecule has 0 fully saturated rings. The van der Waals surface area contributed by atoms with Crippen LogP contribution in [0.1, 0.15) is 17.3 Å². The largest absolute Gasteiger partial charge is 0.497 e. The van der Waals surface area contributed by atoms with Crippen LogP contribution in [0.15, 0.2) is 42.5 Å². The Morgan fingerprint density at radius 1 is 1.11 bits per heavy atom. The fourth-order valence-electron chi connectivity index (χ4n) is 2.31. The van der Waals surface area contributed by atoms with Crippen LogP contribution in [0.3, 0.4) is 0 Å². The van der Waals surface area contributed by atoms with E-state index in [4.69, 9.17) is 14.2 Å². The van der Waals surface area contributed by atoms with Gasteiger partial charge < -0.3 is 14.2 Å². The topological polar surface area (TPSA) is 86.8 Å². The highest BCUT2D eigenvalue weighted by Crippen LogP contribution is 2.29. The average molecular weight is 386 g/mol. The third-order valence-corrected chi connectivity index (χ3v) is 4.51. The summed E-state index contributed by atoms with van der Waals surface area (Å²) in [5.41, 5.74) is 1.10. The van der Waals surface area contributed by atoms with Crippen LogP contribution in [0, 0.1) is 0 Å². The number of nitrogens with zero attached hydrogens (tertiary/aromatic N) is 1. The van der Waals surface area contributed by atoms with Gasteiger partial charge in [-0.25, -0.2) is 9.78 Å². The smallest absolute Gasteiger partial charge is 0.338 e. The zero-order chi connectivity index (χ0) is 19.2. The van der Waals surface area contributed by atoms with Crippen LogP contribution >= 0.6 is 11.3 Å². The molecule has 0 bridgehead atoms. The molecule has 1 aromatic heterocycles. The van der Waals surface area contributed by atoms with E-state index in [1.165, 1.54) is 11.3 Å². The van der Waals surface area contributed by atoms with Gasteiger partial charge in [-0.05, 0) is 49.4 Å². The first-order valence-corrected chi connectivity index (χ1v) is 9.05. The average Bonchev–Trinajstić information content (AvgIpc) is 3.08. The maximum atomic E-state index is 12.0. The molecule has 3 aromatic rings. The van der Waals surface area contributed by atoms with Crippen molar-refractivity contribution in [2.75, 3.05) is 25.6 Å². The Morgan fingerprint density at radius 2 is 1.85 bits per heavy atom. The minimum absolute atomic E-state index is 0.346. The highest BCUT2D eigenvalue weighted by atomic mass is 32.1. The van der Waals surface area contributed by atoms with Gasteiger partial charge in [0.05, 0.1) is 29.5 Å². The number of nitrogens with one attached hydrogen (secondary N) is 1. The van der Waals surface area contributed by atoms with Gasteiger partial charge in [-0.1, -0.05) is 11.3 Å². The van der Waals surface area contributed by atoms with E-state index in [9.17, 15) is 9.59 Å². The Morgan fingerprint density at radius 3 is 2.56 bits per heavy atom. The van der Waals surface area contributed by atoms with E-state index in [1.54, 1.807) is 37.4 Å². The summed E-state index contributed by atoms with van der Waals surface area (Å²) in [6, 6.07) is 12.0. The fraction of sp³-hybridized carbons (Fsp3) is 0.211. The summed E-state index contributed by atoms with van der Waals surface area (Å²) < 4.78 is 16.4. The van der Waals surface area contributed by atoms with Gasteiger partial charge in [-0.15, -0.1) is 0 Å². The minimum Gasteiger partial charge on any atom is -0.497 e. The lowest BCUT2D eigenvalue weighted by Crippen LogP contribution is -2.20. The third-order valence-electron chi connectivity index (χ3n) is 3.58. The number of carbonyl (C=O) groups excluding carboxylic acids is 2. The van der Waals surface area contributed by atoms with Gasteiger partial charge in [0.25, 0.3) is 5.91 Å². The molecule has 0 aliphatic heterocycles. The Bertz CT molecular complexity index is 952. The van der Waals surface area contributed by atoms with Crippen LogP contribution < -0.4 is 14.8 Å². The van der Waals surface area contributed by atoms with Crippen LogP contribution in [0.4, 0.5) is 5.13 Å². The molecule has 140 valence electrons. The van der Waals surface area contributed by atoms with Crippen LogP contribution in [-0.4, -0.2) is 37.2 Å². The van der Waals surface area contributed by atoms with E-state index in [1.807, 2.05) is 19.1 Å². The first-order chi connectivity index (χ1) is 13.1. The molecule has 1 N–H and O–H groups in total. The SMILES string of the molecule is CCOc1ccc(C(=O)OCC(=O)Nc2nc3ccc(OC)cc3s2)cc1. The molecule has 0 aliphatic carbocycles. The fourth-order valence-corrected chi connectivity index (χ4v) is 3.22. The highest BCUT2D eigenvalue weighted by molar-refractivity contribution is 7.22. The lowest BCUT2D eigenvalue weighted by atomic mass is 10.2. The number of ether oxygens (including phenoxy) is 3. The molecular weight excluding hydrogens is 368 g/mol. The van der Waals surface area contributed by atoms with Gasteiger partial charge in [0, 0.05) is 0 Å². The Kier molecular flexibility index (Phi) is 5.87. The molecule has 0 spiro atoms. The van der Waals surface area contributed by atoms with Gasteiger partial charge in [-0.2, -0.15) is 0 Å². The second-order valence-corrected chi connectivity index (χ2v) is 6.47. The predicted octanol–water partition coefficient (Wildman–Crippen LogP) is 3.50. The number of esters is 1. The van der Waals surface area contributed by atoms with Crippen molar-refractivity contribution in [3.63, 3.8) is 0 Å². The number of rotatable bonds is 7. The summed E-state index contributed by atoms with van der Waals surface area (Å²) in [4.78, 5) is 28.4. The number of thiazole rings is 1. The zero-order valence-corrected chi connectivity index (χ0v) is 15.7. The van der Waals surface area contributed by atoms with E-state index in [-0.39, 0.29) is 0 Å². The summed E-state index contributed by atoms with van der Waals surface area (Å²) in [6.45, 7) is 2.02. The Hall–Kier alpha value is -3.13. The summed E-state index contributed by atoms with van der Waals surface area (Å²) in [5.74, 6) is 0.343. The first-order valence-electron chi connectivity index (χ1n) is 8.23. The number of hydrogen-bond donors (Lipinski definition) is 1. The van der Waals surface area contributed by atoms with Crippen molar-refractivity contribution in [1.82, 2.24) is 4.98 Å². The second kappa shape index (κ2) is 8.50. The highest BCUT2D eigenvalue weighted by Gasteiger charge is 2.13. The minimum atomic E-state index is -0.581. The lowest BCUT2D eigenvalue weighted by molar-refractivity contribution is -0.119. The van der Waals surface area contributed by atoms with Crippen molar-refractivity contribution in [1.29, 1.82) is 0 Å². The van der Waals surface area contributed by atoms with Gasteiger partial charge in [0.15, 0.2) is 11.7 Å². The maximum absolute atomic E-state index is 12.0. The van der Waals surface area contributed by atoms with Crippen LogP contribution in [0.25, 0.3) is 10.2 Å². The molecule has 0 saturated carbocycles. The van der Waals surface area contributed by atoms with E-state index < -0.39 is 18.5 Å². The molecule has 0 atom stereocenters. The monoisotopic (exact) mass is 386 g/mol. The molecule has 0 radical (unpaired) electrons. The van der Waals surface area contributed by atoms with Crippen molar-refractivity contribution in [3.05, 3.63) is 48.0 Å². The number of hydrogen-bond acceptors (Lipinski definition) is 7. The van der Waals surface area contributed by atoms with Crippen molar-refractivity contribution in [3.8, 4) is 11.5 Å². The number of carbonyl (C=O) groups is 2. The van der Waals surface area contributed by atoms with E-state index in [0.29, 0.717) is 28.8 Å². The van der Waals surface area contributed by atoms with Crippen LogP contribution in [0.5, 0.6) is 11.5 Å². The van der Waals surface area contributed by atoms with E-state index in [0.717, 1.165) is 10.2 Å². The van der Waals surface area contributed by atoms with Crippen molar-refractivity contribution in [2.45, 2.75) is 6.92 Å². The Labute approximate surface area is 159 Å². The normalized spacial score (nSPS) is 10.4. The molecule has 8 heteroatoms. The van der Waals surface area contributed by atoms with Gasteiger partial charge in [-0.3, -0.25) is 10.1 Å². The van der Waals surface area contributed by atoms with Gasteiger partial charge in [0.1, 0.15) is 11.5 Å². The molecule has 2 aromatic carbocycles. The molecule has 1 amide bonds. The summed E-state index contributed by atoms with van der Waals surface area (Å²) in [5, 5.41) is 3.06. The molecule has 1 heterocycles. The molecule has 27 heavy (non-hydrogen) atoms. The number of amides is 1. The van der Waals surface area contributed by atoms with Gasteiger partial charge in [0.2, 0.25) is 0 Å². The quantitative estimate of drug-likeness (QED) is 0.626. The number of methoxy groups -OCH3 is 1. The van der Waals surface area contributed by atoms with Crippen LogP contribution in [-0.2, 0) is 9.53 Å². The van der Waals surface area contributed by atoms with Crippen LogP contribution in [0.2, 0.25) is 0 Å². The van der Waals surface area contributed by atoms with Crippen molar-refractivity contribution in [2.24, 2.45) is 0 Å². The molecule has 0 saturated heterocycles. The standard InChI is InChI=1S/C19H18N2O5S/c1-3-25-13-6-4-12(5-7-13)18(23)26-11-17(22)21-19-20-15-9-8-14(24-2)10-16(15)27-19/h4-10H,3,11H2,1-2H3,(H,20,21,22). The number of anilines is 1. The summed E-state index contributed by atoms with van der Waals surface area (Å²) >= 11 is 1.31. The molecule has 0 unspecified atom stereocenters. The number of fused-ring (bicyclic) bond motifs is 1. The third kappa shape index (κ3) is 4.73. The molecule has 3 rings (SSSR count). The predicted molar refractivity (Wildman–Crippen MR) is 103 cm³/mol. The zero-order valence-electron chi connectivity index (χ0n) is 14.9. The molecule has 0 aliphatic rings. The van der Waals surface area contributed by atoms with Gasteiger partial charge >= 0.3 is 5.97 Å². The number of benzene rings is 2. The van der Waals surface area contributed by atoms with E-state index >= 15 is 0 Å². The second-order valence-electron chi connectivity index (χ2n) is 5.43. The van der Waals surface area contributed by atoms with Crippen molar-refractivity contribution < 1.29 is 23.8 Å². The number of aromatic nitrogens is 1. The molecular formula is C19H18N2O5S.